The third-order valence-electron chi connectivity index (χ3n) is 13.5. The van der Waals surface area contributed by atoms with E-state index in [1.54, 1.807) is 0 Å². The van der Waals surface area contributed by atoms with Crippen LogP contribution in [0.15, 0.2) is 33.5 Å². The first-order valence-corrected chi connectivity index (χ1v) is 22.7. The molecule has 7 unspecified atom stereocenters. The quantitative estimate of drug-likeness (QED) is 0.124. The molecule has 308 valence electrons. The lowest BCUT2D eigenvalue weighted by molar-refractivity contribution is -0.244. The second kappa shape index (κ2) is 14.5. The summed E-state index contributed by atoms with van der Waals surface area (Å²) in [6, 6.07) is 1.04. The summed E-state index contributed by atoms with van der Waals surface area (Å²) in [5, 5.41) is 34.5. The van der Waals surface area contributed by atoms with Gasteiger partial charge in [-0.15, -0.1) is 0 Å². The number of rotatable bonds is 11. The fourth-order valence-electron chi connectivity index (χ4n) is 10.8. The van der Waals surface area contributed by atoms with Gasteiger partial charge in [0.15, 0.2) is 0 Å². The number of cyclic esters (lactones) is 1. The molecule has 20 nitrogen and oxygen atoms in total. The average molecular weight is 841 g/mol. The molecule has 4 saturated carbocycles. The molecule has 23 heteroatoms. The van der Waals surface area contributed by atoms with Crippen molar-refractivity contribution in [1.82, 2.24) is 9.55 Å². The smallest absolute Gasteiger partial charge is 0.458 e. The van der Waals surface area contributed by atoms with Gasteiger partial charge in [0.25, 0.3) is 5.56 Å². The fraction of sp³-hybridized carbons (Fsp3) is 0.781. The third kappa shape index (κ3) is 7.62. The van der Waals surface area contributed by atoms with Crippen LogP contribution in [0.5, 0.6) is 0 Å². The van der Waals surface area contributed by atoms with Crippen LogP contribution < -0.4 is 11.2 Å². The molecular formula is C32H47N2O18P3. The van der Waals surface area contributed by atoms with Crippen LogP contribution >= 0.6 is 23.5 Å². The van der Waals surface area contributed by atoms with Gasteiger partial charge in [-0.05, 0) is 86.0 Å². The Hall–Kier alpha value is -1.86. The maximum atomic E-state index is 13.0. The number of nitrogens with zero attached hydrogens (tertiary/aromatic N) is 1. The second-order valence-electron chi connectivity index (χ2n) is 16.2. The summed E-state index contributed by atoms with van der Waals surface area (Å²) in [6.07, 6.45) is 0.526. The third-order valence-corrected chi connectivity index (χ3v) is 17.8. The molecule has 1 saturated heterocycles. The summed E-state index contributed by atoms with van der Waals surface area (Å²) in [7, 11) is -16.7. The monoisotopic (exact) mass is 840 g/mol. The molecule has 0 bridgehead atoms. The van der Waals surface area contributed by atoms with Crippen LogP contribution in [0.25, 0.3) is 0 Å². The van der Waals surface area contributed by atoms with Gasteiger partial charge in [-0.2, -0.15) is 8.62 Å². The van der Waals surface area contributed by atoms with Crippen LogP contribution in [0.2, 0.25) is 0 Å². The fourth-order valence-corrected chi connectivity index (χ4v) is 14.5. The molecule has 15 atom stereocenters. The Morgan fingerprint density at radius 3 is 2.35 bits per heavy atom. The number of nitrogens with one attached hydrogen (secondary N) is 1. The predicted molar refractivity (Wildman–Crippen MR) is 185 cm³/mol. The highest BCUT2D eigenvalue weighted by Gasteiger charge is 2.71. The molecule has 0 spiro atoms. The van der Waals surface area contributed by atoms with Gasteiger partial charge in [-0.1, -0.05) is 13.8 Å². The van der Waals surface area contributed by atoms with E-state index in [-0.39, 0.29) is 49.5 Å². The molecule has 5 fully saturated rings. The van der Waals surface area contributed by atoms with Crippen molar-refractivity contribution in [2.24, 2.45) is 34.5 Å². The number of aliphatic hydroxyl groups excluding tert-OH is 2. The molecule has 0 aromatic carbocycles. The van der Waals surface area contributed by atoms with Gasteiger partial charge in [0.05, 0.1) is 30.5 Å². The molecule has 0 radical (unpaired) electrons. The van der Waals surface area contributed by atoms with Crippen LogP contribution in [-0.4, -0.2) is 88.8 Å². The number of aromatic nitrogens is 2. The first kappa shape index (κ1) is 41.3. The molecule has 0 amide bonds. The summed E-state index contributed by atoms with van der Waals surface area (Å²) in [5.74, 6) is -0.950. The largest absolute Gasteiger partial charge is 0.490 e. The van der Waals surface area contributed by atoms with Gasteiger partial charge in [-0.3, -0.25) is 23.4 Å². The van der Waals surface area contributed by atoms with Crippen molar-refractivity contribution in [3.8, 4) is 0 Å². The Morgan fingerprint density at radius 1 is 0.927 bits per heavy atom. The Kier molecular flexibility index (Phi) is 10.9. The lowest BCUT2D eigenvalue weighted by Gasteiger charge is -2.65. The standard InChI is InChI=1S/C32H47N2O18P3/c1-30-8-5-19(12-18(30)3-4-21-22(30)13-25(36)31(2)20(6-9-32(21,31)40)17-11-28(38)47-15-17)50-54(43,44)52-55(45,46)51-53(41,42)48-16-24-23(35)14-27(49-24)34-10-7-26(37)33-29(34)39/h7,10-11,18-25,27,35-36,40H,3-6,8-9,12-16H2,1-2H3,(H,41,42)(H,43,44)(H,45,46)(H,33,37,39)/t18?,19-,20+,21?,22?,23-,24+,25+,27+,30-,31-,32?/m0/s1. The number of H-pyrrole nitrogens is 1. The number of fused-ring (bicyclic) bond motifs is 5. The minimum absolute atomic E-state index is 0.0766. The highest BCUT2D eigenvalue weighted by molar-refractivity contribution is 7.66. The number of aliphatic hydroxyl groups is 3. The lowest BCUT2D eigenvalue weighted by atomic mass is 9.42. The van der Waals surface area contributed by atoms with Crippen LogP contribution in [0.3, 0.4) is 0 Å². The van der Waals surface area contributed by atoms with E-state index in [2.05, 4.69) is 15.5 Å². The number of aromatic amines is 1. The van der Waals surface area contributed by atoms with Crippen molar-refractivity contribution in [2.45, 2.75) is 108 Å². The van der Waals surface area contributed by atoms with E-state index in [1.165, 1.54) is 6.08 Å². The number of esters is 1. The molecule has 3 heterocycles. The average Bonchev–Trinajstić information content (AvgIpc) is 3.74. The lowest BCUT2D eigenvalue weighted by Crippen LogP contribution is -2.67. The van der Waals surface area contributed by atoms with E-state index in [0.29, 0.717) is 38.5 Å². The van der Waals surface area contributed by atoms with Crippen molar-refractivity contribution >= 4 is 29.4 Å². The summed E-state index contributed by atoms with van der Waals surface area (Å²) in [4.78, 5) is 68.0. The van der Waals surface area contributed by atoms with E-state index in [1.807, 2.05) is 11.9 Å². The predicted octanol–water partition coefficient (Wildman–Crippen LogP) is 2.15. The van der Waals surface area contributed by atoms with Crippen LogP contribution in [0, 0.1) is 34.5 Å². The zero-order chi connectivity index (χ0) is 39.9. The van der Waals surface area contributed by atoms with E-state index < -0.39 is 94.4 Å². The van der Waals surface area contributed by atoms with E-state index in [4.69, 9.17) is 18.5 Å². The molecular weight excluding hydrogens is 793 g/mol. The summed E-state index contributed by atoms with van der Waals surface area (Å²) >= 11 is 0. The number of carbonyl (C=O) groups is 1. The molecule has 6 aliphatic rings. The zero-order valence-electron chi connectivity index (χ0n) is 30.1. The minimum atomic E-state index is -5.81. The topological polar surface area (TPSA) is 300 Å². The normalized spacial score (nSPS) is 43.2. The van der Waals surface area contributed by atoms with Crippen molar-refractivity contribution in [2.75, 3.05) is 13.2 Å². The number of ether oxygens (including phenoxy) is 2. The van der Waals surface area contributed by atoms with Crippen molar-refractivity contribution in [1.29, 1.82) is 0 Å². The number of phosphoric acid groups is 3. The summed E-state index contributed by atoms with van der Waals surface area (Å²) in [5.41, 5.74) is -3.19. The van der Waals surface area contributed by atoms with Crippen molar-refractivity contribution in [3.05, 3.63) is 44.8 Å². The molecule has 1 aromatic rings. The first-order chi connectivity index (χ1) is 25.6. The SMILES string of the molecule is C[C@]12CC[C@H](OP(=O)(O)OP(=O)(O)OP(=O)(O)OC[C@H]3O[C@@H](n4ccc(=O)[nH]c4=O)C[C@@H]3O)CC1CCC1C2C[C@@H](O)[C@]2(C)[C@@H](C3=CC(=O)OC3)CCC12O. The minimum Gasteiger partial charge on any atom is -0.458 e. The number of carbonyl (C=O) groups excluding carboxylic acids is 1. The van der Waals surface area contributed by atoms with Crippen LogP contribution in [0.4, 0.5) is 0 Å². The molecule has 4 aliphatic carbocycles. The molecule has 7 rings (SSSR count). The van der Waals surface area contributed by atoms with Gasteiger partial charge >= 0.3 is 35.1 Å². The molecule has 55 heavy (non-hydrogen) atoms. The maximum absolute atomic E-state index is 13.0. The number of hydrogen-bond acceptors (Lipinski definition) is 15. The molecule has 1 aromatic heterocycles. The van der Waals surface area contributed by atoms with Crippen molar-refractivity contribution < 1.29 is 75.6 Å². The molecule has 7 N–H and O–H groups in total. The van der Waals surface area contributed by atoms with Gasteiger partial charge in [-0.25, -0.2) is 23.3 Å². The van der Waals surface area contributed by atoms with Gasteiger partial charge in [0.1, 0.15) is 18.9 Å². The summed E-state index contributed by atoms with van der Waals surface area (Å²) in [6.45, 7) is 3.26. The maximum Gasteiger partial charge on any atom is 0.490 e. The van der Waals surface area contributed by atoms with E-state index in [9.17, 15) is 58.1 Å². The van der Waals surface area contributed by atoms with E-state index in [0.717, 1.165) is 22.4 Å². The Labute approximate surface area is 314 Å². The first-order valence-electron chi connectivity index (χ1n) is 18.2. The zero-order valence-corrected chi connectivity index (χ0v) is 32.8. The van der Waals surface area contributed by atoms with E-state index >= 15 is 0 Å². The number of hydrogen-bond donors (Lipinski definition) is 7. The van der Waals surface area contributed by atoms with Gasteiger partial charge in [0.2, 0.25) is 0 Å². The summed E-state index contributed by atoms with van der Waals surface area (Å²) < 4.78 is 68.4. The van der Waals surface area contributed by atoms with Crippen molar-refractivity contribution in [3.63, 3.8) is 0 Å². The molecule has 2 aliphatic heterocycles. The Balaban J connectivity index is 0.937. The highest BCUT2D eigenvalue weighted by atomic mass is 31.3. The number of phosphoric ester groups is 2. The van der Waals surface area contributed by atoms with Gasteiger partial charge < -0.3 is 39.5 Å². The Bertz CT molecular complexity index is 1990. The second-order valence-corrected chi connectivity index (χ2v) is 20.8. The van der Waals surface area contributed by atoms with Crippen LogP contribution in [0.1, 0.15) is 77.9 Å². The Morgan fingerprint density at radius 2 is 1.65 bits per heavy atom. The van der Waals surface area contributed by atoms with Crippen LogP contribution in [-0.2, 0) is 45.6 Å². The highest BCUT2D eigenvalue weighted by Crippen LogP contribution is 2.72. The van der Waals surface area contributed by atoms with Gasteiger partial charge in [0, 0.05) is 30.2 Å².